The van der Waals surface area contributed by atoms with Crippen LogP contribution < -0.4 is 0 Å². The molecule has 6 nitrogen and oxygen atoms in total. The van der Waals surface area contributed by atoms with E-state index < -0.39 is 29.4 Å². The summed E-state index contributed by atoms with van der Waals surface area (Å²) in [6.07, 6.45) is -1.10. The first-order chi connectivity index (χ1) is 4.72. The average molecular weight is 225 g/mol. The van der Waals surface area contributed by atoms with E-state index in [1.54, 1.807) is 0 Å². The zero-order valence-corrected chi connectivity index (χ0v) is 10.6. The molecule has 57 valence electrons. The summed E-state index contributed by atoms with van der Waals surface area (Å²) in [5, 5.41) is 8.36. The van der Waals surface area contributed by atoms with Gasteiger partial charge < -0.3 is 5.11 Å². The van der Waals surface area contributed by atoms with Gasteiger partial charge in [0.1, 0.15) is 6.61 Å². The first kappa shape index (κ1) is 12.7. The Bertz CT molecular complexity index is 156. The molecule has 1 saturated heterocycles. The van der Waals surface area contributed by atoms with Crippen molar-refractivity contribution in [1.29, 1.82) is 0 Å². The molecule has 0 aliphatic carbocycles. The van der Waals surface area contributed by atoms with E-state index in [9.17, 15) is 9.13 Å². The molecule has 0 amide bonds. The van der Waals surface area contributed by atoms with Crippen LogP contribution in [-0.4, -0.2) is 69.4 Å². The number of hydrogen-bond donors (Lipinski definition) is 1. The molecule has 9 heteroatoms. The van der Waals surface area contributed by atoms with Crippen LogP contribution in [0.15, 0.2) is 0 Å². The number of aliphatic hydroxyl groups excluding tert-OH is 1. The van der Waals surface area contributed by atoms with Gasteiger partial charge in [0.2, 0.25) is 0 Å². The monoisotopic (exact) mass is 225 g/mol. The van der Waals surface area contributed by atoms with Crippen LogP contribution in [0.1, 0.15) is 0 Å². The predicted octanol–water partition coefficient (Wildman–Crippen LogP) is 0.302. The van der Waals surface area contributed by atoms with Crippen LogP contribution in [0.2, 0.25) is 0 Å². The summed E-state index contributed by atoms with van der Waals surface area (Å²) in [6.45, 7) is -0.495. The summed E-state index contributed by atoms with van der Waals surface area (Å²) in [6, 6.07) is 0. The van der Waals surface area contributed by atoms with Gasteiger partial charge in [0.15, 0.2) is 4.31 Å². The molecule has 1 aliphatic rings. The number of aliphatic hydroxyl groups is 1. The Hall–Kier alpha value is 1.68. The normalized spacial score (nSPS) is 31.2. The van der Waals surface area contributed by atoms with Crippen molar-refractivity contribution in [1.82, 2.24) is 0 Å². The van der Waals surface area contributed by atoms with Crippen LogP contribution in [0.25, 0.3) is 0 Å². The van der Waals surface area contributed by atoms with E-state index in [1.165, 1.54) is 0 Å². The van der Waals surface area contributed by atoms with Gasteiger partial charge in [-0.3, -0.25) is 0 Å². The third-order valence-corrected chi connectivity index (χ3v) is 2.57. The van der Waals surface area contributed by atoms with Crippen molar-refractivity contribution >= 4 is 67.9 Å². The van der Waals surface area contributed by atoms with Crippen LogP contribution in [0.4, 0.5) is 0 Å². The van der Waals surface area contributed by atoms with Gasteiger partial charge in [0, 0.05) is 60.5 Å². The molecule has 0 spiro atoms. The third-order valence-electron chi connectivity index (χ3n) is 0.690. The van der Waals surface area contributed by atoms with E-state index in [4.69, 9.17) is 5.11 Å². The van der Waals surface area contributed by atoms with Gasteiger partial charge in [-0.15, -0.1) is 0 Å². The van der Waals surface area contributed by atoms with Crippen molar-refractivity contribution < 1.29 is 27.6 Å². The van der Waals surface area contributed by atoms with Gasteiger partial charge >= 0.3 is 16.5 Å². The molecule has 2 unspecified atom stereocenters. The van der Waals surface area contributed by atoms with Gasteiger partial charge in [-0.25, -0.2) is 0 Å². The second-order valence-electron chi connectivity index (χ2n) is 1.35. The Kier molecular flexibility index (Phi) is 7.12. The molecule has 0 aromatic rings. The summed E-state index contributed by atoms with van der Waals surface area (Å²) in [5.41, 5.74) is 0. The van der Waals surface area contributed by atoms with E-state index in [-0.39, 0.29) is 51.4 Å². The summed E-state index contributed by atoms with van der Waals surface area (Å²) in [7, 11) is -4.79. The fraction of sp³-hybridized carbons (Fsp3) is 1.00. The first-order valence-corrected chi connectivity index (χ1v) is 4.48. The summed E-state index contributed by atoms with van der Waals surface area (Å²) >= 11 is 0. The van der Waals surface area contributed by atoms with Crippen LogP contribution in [-0.2, 0) is 22.5 Å². The van der Waals surface area contributed by atoms with Crippen LogP contribution in [0.3, 0.4) is 0 Å². The molecule has 1 rings (SSSR count). The predicted molar refractivity (Wildman–Crippen MR) is 35.1 cm³/mol. The second-order valence-corrected chi connectivity index (χ2v) is 3.32. The minimum atomic E-state index is -2.39. The van der Waals surface area contributed by atoms with Crippen molar-refractivity contribution in [2.45, 2.75) is 6.29 Å². The van der Waals surface area contributed by atoms with E-state index in [2.05, 4.69) is 13.4 Å². The molecule has 0 saturated carbocycles. The maximum Gasteiger partial charge on any atom is 0.750 e. The number of hydrogen-bond acceptors (Lipinski definition) is 6. The molecule has 2 atom stereocenters. The van der Waals surface area contributed by atoms with Crippen molar-refractivity contribution in [3.8, 4) is 0 Å². The van der Waals surface area contributed by atoms with Crippen LogP contribution in [0, 0.1) is 0 Å². The van der Waals surface area contributed by atoms with Gasteiger partial charge in [0.05, 0.1) is 0 Å². The van der Waals surface area contributed by atoms with Gasteiger partial charge in [-0.1, -0.05) is 9.05 Å². The molecule has 0 aromatic heterocycles. The molecule has 1 heterocycles. The van der Waals surface area contributed by atoms with E-state index in [0.29, 0.717) is 0 Å². The molecule has 1 fully saturated rings. The van der Waals surface area contributed by atoms with Crippen LogP contribution in [0.5, 0.6) is 0 Å². The SMILES string of the molecule is O=[P+]1OC(CO)O[P+](=O)O1.[K]. The molecule has 1 aliphatic heterocycles. The van der Waals surface area contributed by atoms with Crippen molar-refractivity contribution in [3.05, 3.63) is 0 Å². The zero-order valence-electron chi connectivity index (χ0n) is 5.67. The average Bonchev–Trinajstić information content (AvgIpc) is 1.85. The van der Waals surface area contributed by atoms with Crippen LogP contribution >= 0.6 is 16.5 Å². The smallest absolute Gasteiger partial charge is 0.391 e. The van der Waals surface area contributed by atoms with Crippen molar-refractivity contribution in [2.24, 2.45) is 0 Å². The minimum absolute atomic E-state index is 0. The largest absolute Gasteiger partial charge is 0.750 e. The minimum Gasteiger partial charge on any atom is -0.391 e. The fourth-order valence-corrected chi connectivity index (χ4v) is 1.79. The molecule has 1 radical (unpaired) electrons. The van der Waals surface area contributed by atoms with Crippen molar-refractivity contribution in [3.63, 3.8) is 0 Å². The summed E-state index contributed by atoms with van der Waals surface area (Å²) < 4.78 is 33.5. The molecular weight excluding hydrogens is 221 g/mol. The second kappa shape index (κ2) is 6.18. The number of rotatable bonds is 1. The standard InChI is InChI=1S/C2H4O6P2.K/c3-1-2-6-9(4)8-10(5)7-2;/h2-3H,1H2;/q+2;. The molecule has 0 aromatic carbocycles. The Labute approximate surface area is 107 Å². The Balaban J connectivity index is 0.000001000. The molecule has 1 N–H and O–H groups in total. The van der Waals surface area contributed by atoms with Gasteiger partial charge in [0.25, 0.3) is 6.29 Å². The Morgan fingerprint density at radius 2 is 1.73 bits per heavy atom. The Morgan fingerprint density at radius 3 is 2.09 bits per heavy atom. The molecule has 11 heavy (non-hydrogen) atoms. The maximum absolute atomic E-state index is 10.4. The summed E-state index contributed by atoms with van der Waals surface area (Å²) in [4.78, 5) is 0. The van der Waals surface area contributed by atoms with E-state index in [1.807, 2.05) is 0 Å². The van der Waals surface area contributed by atoms with E-state index in [0.717, 1.165) is 0 Å². The topological polar surface area (TPSA) is 82.1 Å². The van der Waals surface area contributed by atoms with Crippen molar-refractivity contribution in [2.75, 3.05) is 6.61 Å². The fourth-order valence-electron chi connectivity index (χ4n) is 0.371. The quantitative estimate of drug-likeness (QED) is 0.510. The first-order valence-electron chi connectivity index (χ1n) is 2.29. The summed E-state index contributed by atoms with van der Waals surface area (Å²) in [5.74, 6) is 0. The molecular formula is C2H4KO6P2+2. The van der Waals surface area contributed by atoms with E-state index >= 15 is 0 Å². The maximum atomic E-state index is 10.4. The van der Waals surface area contributed by atoms with Gasteiger partial charge in [-0.05, 0) is 0 Å². The Morgan fingerprint density at radius 1 is 1.27 bits per heavy atom. The molecule has 0 bridgehead atoms. The van der Waals surface area contributed by atoms with Gasteiger partial charge in [-0.2, -0.15) is 0 Å². The third kappa shape index (κ3) is 4.45. The zero-order chi connectivity index (χ0) is 7.56.